The molecule has 180 valence electrons. The summed E-state index contributed by atoms with van der Waals surface area (Å²) in [5.74, 6) is 0.630. The molecule has 0 saturated carbocycles. The van der Waals surface area contributed by atoms with Crippen LogP contribution in [0, 0.1) is 12.8 Å². The Bertz CT molecular complexity index is 1040. The summed E-state index contributed by atoms with van der Waals surface area (Å²) in [7, 11) is 0. The number of benzene rings is 2. The Hall–Kier alpha value is -3.55. The average molecular weight is 466 g/mol. The third-order valence-corrected chi connectivity index (χ3v) is 6.35. The van der Waals surface area contributed by atoms with E-state index in [1.165, 1.54) is 0 Å². The fourth-order valence-electron chi connectivity index (χ4n) is 4.33. The normalized spacial score (nSPS) is 16.1. The molecule has 4 rings (SSSR count). The molecule has 2 aromatic carbocycles. The van der Waals surface area contributed by atoms with Gasteiger partial charge in [-0.05, 0) is 62.4 Å². The molecule has 0 aliphatic carbocycles. The summed E-state index contributed by atoms with van der Waals surface area (Å²) in [5.41, 5.74) is 2.13. The molecule has 1 fully saturated rings. The molecule has 3 amide bonds. The summed E-state index contributed by atoms with van der Waals surface area (Å²) in [5, 5.41) is 5.87. The first-order valence-electron chi connectivity index (χ1n) is 11.8. The Morgan fingerprint density at radius 3 is 2.38 bits per heavy atom. The van der Waals surface area contributed by atoms with E-state index in [1.807, 2.05) is 26.0 Å². The minimum Gasteiger partial charge on any atom is -0.454 e. The van der Waals surface area contributed by atoms with Crippen LogP contribution >= 0.6 is 0 Å². The lowest BCUT2D eigenvalue weighted by atomic mass is 9.88. The number of carbonyl (C=O) groups excluding carboxylic acids is 3. The highest BCUT2D eigenvalue weighted by Gasteiger charge is 2.34. The molecule has 2 aliphatic heterocycles. The Morgan fingerprint density at radius 1 is 1.00 bits per heavy atom. The van der Waals surface area contributed by atoms with Crippen molar-refractivity contribution in [2.24, 2.45) is 5.92 Å². The van der Waals surface area contributed by atoms with Crippen molar-refractivity contribution in [2.45, 2.75) is 39.2 Å². The standard InChI is InChI=1S/C26H31N3O5/c1-3-12-27-25(31)23(28-24(30)19-6-4-17(2)5-7-19)18-10-13-29(14-11-18)26(32)20-8-9-21-22(15-20)34-16-33-21/h4-9,15,18,23H,3,10-14,16H2,1-2H3,(H,27,31)(H,28,30)/t23-/m0/s1. The van der Waals surface area contributed by atoms with Crippen molar-refractivity contribution in [1.29, 1.82) is 0 Å². The molecule has 0 aromatic heterocycles. The number of amides is 3. The fourth-order valence-corrected chi connectivity index (χ4v) is 4.33. The van der Waals surface area contributed by atoms with Gasteiger partial charge in [0.05, 0.1) is 0 Å². The van der Waals surface area contributed by atoms with Crippen molar-refractivity contribution in [2.75, 3.05) is 26.4 Å². The average Bonchev–Trinajstić information content (AvgIpc) is 3.34. The quantitative estimate of drug-likeness (QED) is 0.656. The maximum Gasteiger partial charge on any atom is 0.253 e. The van der Waals surface area contributed by atoms with Crippen molar-refractivity contribution in [3.8, 4) is 11.5 Å². The van der Waals surface area contributed by atoms with Gasteiger partial charge >= 0.3 is 0 Å². The van der Waals surface area contributed by atoms with E-state index in [2.05, 4.69) is 10.6 Å². The minimum atomic E-state index is -0.650. The van der Waals surface area contributed by atoms with Gasteiger partial charge in [-0.25, -0.2) is 0 Å². The van der Waals surface area contributed by atoms with Gasteiger partial charge < -0.3 is 25.0 Å². The number of nitrogens with one attached hydrogen (secondary N) is 2. The van der Waals surface area contributed by atoms with E-state index in [9.17, 15) is 14.4 Å². The van der Waals surface area contributed by atoms with Gasteiger partial charge in [0.25, 0.3) is 11.8 Å². The van der Waals surface area contributed by atoms with E-state index >= 15 is 0 Å². The molecule has 2 aliphatic rings. The van der Waals surface area contributed by atoms with Crippen molar-refractivity contribution in [3.63, 3.8) is 0 Å². The van der Waals surface area contributed by atoms with Crippen LogP contribution in [-0.4, -0.2) is 55.1 Å². The lowest BCUT2D eigenvalue weighted by Crippen LogP contribution is -2.54. The molecule has 1 atom stereocenters. The third-order valence-electron chi connectivity index (χ3n) is 6.35. The molecule has 0 unspecified atom stereocenters. The monoisotopic (exact) mass is 465 g/mol. The van der Waals surface area contributed by atoms with Crippen molar-refractivity contribution >= 4 is 17.7 Å². The van der Waals surface area contributed by atoms with Crippen LogP contribution in [0.15, 0.2) is 42.5 Å². The molecule has 1 saturated heterocycles. The minimum absolute atomic E-state index is 0.0629. The van der Waals surface area contributed by atoms with Crippen LogP contribution in [0.3, 0.4) is 0 Å². The Balaban J connectivity index is 1.41. The van der Waals surface area contributed by atoms with Crippen molar-refractivity contribution in [1.82, 2.24) is 15.5 Å². The van der Waals surface area contributed by atoms with Gasteiger partial charge in [0.2, 0.25) is 12.7 Å². The van der Waals surface area contributed by atoms with E-state index in [1.54, 1.807) is 35.2 Å². The largest absolute Gasteiger partial charge is 0.454 e. The molecule has 8 nitrogen and oxygen atoms in total. The number of likely N-dealkylation sites (tertiary alicyclic amines) is 1. The zero-order chi connectivity index (χ0) is 24.1. The van der Waals surface area contributed by atoms with E-state index in [0.717, 1.165) is 12.0 Å². The number of carbonyl (C=O) groups is 3. The molecule has 2 aromatic rings. The van der Waals surface area contributed by atoms with Crippen molar-refractivity contribution < 1.29 is 23.9 Å². The highest BCUT2D eigenvalue weighted by Crippen LogP contribution is 2.33. The first kappa shape index (κ1) is 23.6. The molecule has 34 heavy (non-hydrogen) atoms. The zero-order valence-electron chi connectivity index (χ0n) is 19.6. The predicted molar refractivity (Wildman–Crippen MR) is 127 cm³/mol. The van der Waals surface area contributed by atoms with Crippen LogP contribution in [-0.2, 0) is 4.79 Å². The maximum atomic E-state index is 13.0. The van der Waals surface area contributed by atoms with E-state index < -0.39 is 6.04 Å². The Morgan fingerprint density at radius 2 is 1.68 bits per heavy atom. The number of hydrogen-bond donors (Lipinski definition) is 2. The second-order valence-electron chi connectivity index (χ2n) is 8.81. The Labute approximate surface area is 199 Å². The SMILES string of the molecule is CCCNC(=O)[C@@H](NC(=O)c1ccc(C)cc1)C1CCN(C(=O)c2ccc3c(c2)OCO3)CC1. The van der Waals surface area contributed by atoms with Gasteiger partial charge in [-0.15, -0.1) is 0 Å². The van der Waals surface area contributed by atoms with Crippen LogP contribution in [0.1, 0.15) is 52.5 Å². The molecule has 0 spiro atoms. The van der Waals surface area contributed by atoms with Crippen LogP contribution < -0.4 is 20.1 Å². The van der Waals surface area contributed by atoms with Crippen LogP contribution in [0.5, 0.6) is 11.5 Å². The summed E-state index contributed by atoms with van der Waals surface area (Å²) >= 11 is 0. The van der Waals surface area contributed by atoms with E-state index in [4.69, 9.17) is 9.47 Å². The lowest BCUT2D eigenvalue weighted by molar-refractivity contribution is -0.124. The van der Waals surface area contributed by atoms with Gasteiger partial charge in [0.1, 0.15) is 6.04 Å². The molecular weight excluding hydrogens is 434 g/mol. The molecule has 0 radical (unpaired) electrons. The molecular formula is C26H31N3O5. The third kappa shape index (κ3) is 5.32. The number of aryl methyl sites for hydroxylation is 1. The first-order chi connectivity index (χ1) is 16.5. The number of ether oxygens (including phenoxy) is 2. The Kier molecular flexibility index (Phi) is 7.35. The summed E-state index contributed by atoms with van der Waals surface area (Å²) < 4.78 is 10.7. The zero-order valence-corrected chi connectivity index (χ0v) is 19.6. The second-order valence-corrected chi connectivity index (χ2v) is 8.81. The van der Waals surface area contributed by atoms with E-state index in [-0.39, 0.29) is 30.4 Å². The maximum absolute atomic E-state index is 13.0. The van der Waals surface area contributed by atoms with Crippen LogP contribution in [0.25, 0.3) is 0 Å². The van der Waals surface area contributed by atoms with E-state index in [0.29, 0.717) is 55.1 Å². The van der Waals surface area contributed by atoms with Crippen LogP contribution in [0.4, 0.5) is 0 Å². The second kappa shape index (κ2) is 10.6. The summed E-state index contributed by atoms with van der Waals surface area (Å²) in [4.78, 5) is 40.6. The number of hydrogen-bond acceptors (Lipinski definition) is 5. The van der Waals surface area contributed by atoms with Gasteiger partial charge in [-0.1, -0.05) is 24.6 Å². The molecule has 2 heterocycles. The number of rotatable bonds is 7. The number of fused-ring (bicyclic) bond motifs is 1. The highest BCUT2D eigenvalue weighted by molar-refractivity contribution is 5.98. The predicted octanol–water partition coefficient (Wildman–Crippen LogP) is 2.90. The summed E-state index contributed by atoms with van der Waals surface area (Å²) in [6.45, 7) is 5.68. The number of nitrogens with zero attached hydrogens (tertiary/aromatic N) is 1. The number of piperidine rings is 1. The van der Waals surface area contributed by atoms with Gasteiger partial charge in [0, 0.05) is 30.8 Å². The smallest absolute Gasteiger partial charge is 0.253 e. The molecule has 0 bridgehead atoms. The fraction of sp³-hybridized carbons (Fsp3) is 0.423. The molecule has 8 heteroatoms. The van der Waals surface area contributed by atoms with Gasteiger partial charge in [0.15, 0.2) is 11.5 Å². The summed E-state index contributed by atoms with van der Waals surface area (Å²) in [6, 6.07) is 11.8. The highest BCUT2D eigenvalue weighted by atomic mass is 16.7. The first-order valence-corrected chi connectivity index (χ1v) is 11.8. The van der Waals surface area contributed by atoms with Crippen LogP contribution in [0.2, 0.25) is 0 Å². The lowest BCUT2D eigenvalue weighted by Gasteiger charge is -2.36. The van der Waals surface area contributed by atoms with Gasteiger partial charge in [-0.3, -0.25) is 14.4 Å². The topological polar surface area (TPSA) is 97.0 Å². The van der Waals surface area contributed by atoms with Gasteiger partial charge in [-0.2, -0.15) is 0 Å². The summed E-state index contributed by atoms with van der Waals surface area (Å²) in [6.07, 6.45) is 2.05. The van der Waals surface area contributed by atoms with Crippen molar-refractivity contribution in [3.05, 3.63) is 59.2 Å². The molecule has 2 N–H and O–H groups in total.